The van der Waals surface area contributed by atoms with Crippen molar-refractivity contribution in [2.45, 2.75) is 67.6 Å². The van der Waals surface area contributed by atoms with E-state index in [1.165, 1.54) is 41.2 Å². The molecule has 1 aliphatic carbocycles. The molecule has 5 aromatic rings. The first-order valence-corrected chi connectivity index (χ1v) is 22.5. The second-order valence-electron chi connectivity index (χ2n) is 15.7. The van der Waals surface area contributed by atoms with Crippen molar-refractivity contribution < 1.29 is 27.1 Å². The first-order chi connectivity index (χ1) is 31.2. The Morgan fingerprint density at radius 3 is 2.45 bits per heavy atom. The molecule has 4 N–H and O–H groups in total. The molecule has 344 valence electrons. The molecular formula is C45H56FN13O5S. The lowest BCUT2D eigenvalue weighted by atomic mass is 10.1. The molecule has 0 bridgehead atoms. The van der Waals surface area contributed by atoms with Gasteiger partial charge in [-0.05, 0) is 94.4 Å². The van der Waals surface area contributed by atoms with Crippen molar-refractivity contribution >= 4 is 46.1 Å². The van der Waals surface area contributed by atoms with Crippen molar-refractivity contribution in [1.29, 1.82) is 0 Å². The fourth-order valence-electron chi connectivity index (χ4n) is 7.74. The molecule has 0 spiro atoms. The summed E-state index contributed by atoms with van der Waals surface area (Å²) >= 11 is 0. The number of nitrogens with two attached hydrogens (primary N) is 1. The number of carbonyl (C=O) groups is 2. The number of hydrogen-bond acceptors (Lipinski definition) is 14. The third-order valence-corrected chi connectivity index (χ3v) is 12.7. The van der Waals surface area contributed by atoms with Crippen molar-refractivity contribution in [1.82, 2.24) is 40.0 Å². The number of fused-ring (bicyclic) bond motifs is 1. The minimum Gasteiger partial charge on any atom is -0.485 e. The highest BCUT2D eigenvalue weighted by molar-refractivity contribution is 7.91. The average Bonchev–Trinajstić information content (AvgIpc) is 3.93. The van der Waals surface area contributed by atoms with E-state index in [0.717, 1.165) is 42.4 Å². The van der Waals surface area contributed by atoms with Gasteiger partial charge in [-0.3, -0.25) is 24.5 Å². The number of H-pyrrole nitrogens is 1. The van der Waals surface area contributed by atoms with Crippen LogP contribution in [0.2, 0.25) is 0 Å². The van der Waals surface area contributed by atoms with E-state index in [1.807, 2.05) is 44.2 Å². The molecule has 1 aliphatic heterocycles. The Labute approximate surface area is 378 Å². The minimum atomic E-state index is -4.13. The summed E-state index contributed by atoms with van der Waals surface area (Å²) in [5.41, 5.74) is 8.11. The first kappa shape index (κ1) is 47.7. The number of aromatic nitrogens is 4. The van der Waals surface area contributed by atoms with Crippen LogP contribution in [0.1, 0.15) is 50.8 Å². The molecule has 3 atom stereocenters. The number of aromatic amines is 1. The maximum absolute atomic E-state index is 15.9. The number of hydrogen-bond donors (Lipinski definition) is 3. The SMILES string of the molecule is C=Nn1cnc(-c2cn[nH]c2)c(OC(C)C)c1=Nc1ccc(S(=O)(=O)c2cccc(C(C)N3CCN(c4ccc(/C(=N\N(C)C)N(C=O)CCC(=O)NC)cc4)C4CC43)c2)cc1F.CN. The van der Waals surface area contributed by atoms with E-state index in [2.05, 4.69) is 64.9 Å². The lowest BCUT2D eigenvalue weighted by Crippen LogP contribution is -2.47. The highest BCUT2D eigenvalue weighted by Crippen LogP contribution is 2.43. The second kappa shape index (κ2) is 20.8. The number of rotatable bonds is 16. The van der Waals surface area contributed by atoms with E-state index >= 15 is 4.39 Å². The van der Waals surface area contributed by atoms with E-state index in [9.17, 15) is 18.0 Å². The fraction of sp³-hybridized carbons (Fsp3) is 0.356. The van der Waals surface area contributed by atoms with Crippen molar-refractivity contribution in [3.05, 3.63) is 108 Å². The van der Waals surface area contributed by atoms with Crippen LogP contribution in [0.25, 0.3) is 11.3 Å². The number of carbonyl (C=O) groups excluding carboxylic acids is 2. The molecule has 18 nitrogen and oxygen atoms in total. The van der Waals surface area contributed by atoms with Crippen LogP contribution in [0, 0.1) is 5.82 Å². The Kier molecular flexibility index (Phi) is 15.3. The number of piperazine rings is 1. The van der Waals surface area contributed by atoms with E-state index in [4.69, 9.17) is 4.74 Å². The molecule has 2 aliphatic rings. The molecule has 1 saturated carbocycles. The van der Waals surface area contributed by atoms with Gasteiger partial charge >= 0.3 is 0 Å². The van der Waals surface area contributed by atoms with Crippen molar-refractivity contribution in [2.24, 2.45) is 20.9 Å². The third-order valence-electron chi connectivity index (χ3n) is 11.0. The number of nitrogens with one attached hydrogen (secondary N) is 2. The van der Waals surface area contributed by atoms with Gasteiger partial charge in [0.15, 0.2) is 11.6 Å². The largest absolute Gasteiger partial charge is 0.485 e. The molecule has 2 aromatic heterocycles. The summed E-state index contributed by atoms with van der Waals surface area (Å²) in [6.45, 7) is 11.0. The maximum Gasteiger partial charge on any atom is 0.221 e. The summed E-state index contributed by atoms with van der Waals surface area (Å²) in [4.78, 5) is 39.0. The molecule has 3 heterocycles. The van der Waals surface area contributed by atoms with Gasteiger partial charge in [0.1, 0.15) is 23.5 Å². The zero-order chi connectivity index (χ0) is 47.0. The molecule has 3 unspecified atom stereocenters. The quantitative estimate of drug-likeness (QED) is 0.0554. The molecule has 20 heteroatoms. The van der Waals surface area contributed by atoms with Gasteiger partial charge in [-0.25, -0.2) is 27.5 Å². The predicted octanol–water partition coefficient (Wildman–Crippen LogP) is 4.15. The number of benzene rings is 3. The van der Waals surface area contributed by atoms with Crippen LogP contribution < -0.4 is 26.2 Å². The lowest BCUT2D eigenvalue weighted by molar-refractivity contribution is -0.121. The summed E-state index contributed by atoms with van der Waals surface area (Å²) in [6.07, 6.45) is 6.06. The van der Waals surface area contributed by atoms with Crippen LogP contribution in [-0.2, 0) is 19.4 Å². The number of halogens is 1. The number of amides is 2. The van der Waals surface area contributed by atoms with E-state index < -0.39 is 15.7 Å². The highest BCUT2D eigenvalue weighted by Gasteiger charge is 2.50. The smallest absolute Gasteiger partial charge is 0.221 e. The van der Waals surface area contributed by atoms with Crippen LogP contribution in [0.5, 0.6) is 5.75 Å². The Morgan fingerprint density at radius 1 is 1.08 bits per heavy atom. The predicted molar refractivity (Wildman–Crippen MR) is 247 cm³/mol. The Hall–Kier alpha value is -6.77. The zero-order valence-corrected chi connectivity index (χ0v) is 38.4. The molecular weight excluding hydrogens is 854 g/mol. The van der Waals surface area contributed by atoms with E-state index in [-0.39, 0.29) is 69.8 Å². The maximum atomic E-state index is 15.9. The van der Waals surface area contributed by atoms with Gasteiger partial charge in [0.2, 0.25) is 27.6 Å². The standard InChI is InChI=1S/C44H51FN12O5S.CH5N/c1-28(2)62-42-41(32-24-49-50-25-32)48-26-57(47-5)44(42)51-37-16-15-35(22-36(37)45)63(60,61)34-10-8-9-31(21-34)29(3)55-19-20-56(39-23-38(39)55)33-13-11-30(12-14-33)43(52-53(6)7)54(27-58)18-17-40(59)46-4;1-2/h8-16,21-22,24-29,38-39H,5,17-20,23H2,1-4,6-7H3,(H,46,59)(H,49,50);2H2,1H3/b51-44?,52-43+;. The third kappa shape index (κ3) is 10.6. The van der Waals surface area contributed by atoms with Gasteiger partial charge in [-0.1, -0.05) is 12.1 Å². The monoisotopic (exact) mass is 909 g/mol. The molecule has 3 aromatic carbocycles. The summed E-state index contributed by atoms with van der Waals surface area (Å²) < 4.78 is 51.4. The Bertz CT molecular complexity index is 2690. The van der Waals surface area contributed by atoms with Crippen molar-refractivity contribution in [3.63, 3.8) is 0 Å². The van der Waals surface area contributed by atoms with E-state index in [0.29, 0.717) is 23.5 Å². The number of nitrogens with zero attached hydrogens (tertiary/aromatic N) is 10. The summed E-state index contributed by atoms with van der Waals surface area (Å²) in [5, 5.41) is 19.4. The van der Waals surface area contributed by atoms with E-state index in [1.54, 1.807) is 50.7 Å². The molecule has 2 amide bonds. The second-order valence-corrected chi connectivity index (χ2v) is 17.7. The Balaban J connectivity index is 0.00000345. The van der Waals surface area contributed by atoms with Gasteiger partial charge in [-0.15, -0.1) is 0 Å². The fourth-order valence-corrected chi connectivity index (χ4v) is 9.07. The van der Waals surface area contributed by atoms with Crippen LogP contribution in [0.15, 0.2) is 110 Å². The topological polar surface area (TPSA) is 212 Å². The average molecular weight is 910 g/mol. The normalized spacial score (nSPS) is 16.8. The number of ether oxygens (including phenoxy) is 1. The zero-order valence-electron chi connectivity index (χ0n) is 37.6. The number of amidine groups is 1. The summed E-state index contributed by atoms with van der Waals surface area (Å²) in [7, 11) is 2.48. The summed E-state index contributed by atoms with van der Waals surface area (Å²) in [6, 6.07) is 18.8. The molecule has 65 heavy (non-hydrogen) atoms. The van der Waals surface area contributed by atoms with Crippen LogP contribution in [0.3, 0.4) is 0 Å². The number of hydrazone groups is 1. The van der Waals surface area contributed by atoms with Gasteiger partial charge in [0.25, 0.3) is 0 Å². The molecule has 0 radical (unpaired) electrons. The first-order valence-electron chi connectivity index (χ1n) is 21.1. The van der Waals surface area contributed by atoms with Crippen LogP contribution in [0.4, 0.5) is 15.8 Å². The lowest BCUT2D eigenvalue weighted by Gasteiger charge is -2.39. The van der Waals surface area contributed by atoms with Gasteiger partial charge in [0.05, 0.1) is 22.1 Å². The molecule has 7 rings (SSSR count). The Morgan fingerprint density at radius 2 is 1.82 bits per heavy atom. The minimum absolute atomic E-state index is 0.0566. The number of anilines is 1. The van der Waals surface area contributed by atoms with Gasteiger partial charge in [0, 0.05) is 95.1 Å². The molecule has 1 saturated heterocycles. The number of sulfone groups is 1. The molecule has 2 fully saturated rings. The van der Waals surface area contributed by atoms with Gasteiger partial charge < -0.3 is 25.7 Å². The summed E-state index contributed by atoms with van der Waals surface area (Å²) in [5.74, 6) is -0.363. The van der Waals surface area contributed by atoms with Crippen LogP contribution >= 0.6 is 0 Å². The van der Waals surface area contributed by atoms with Crippen molar-refractivity contribution in [2.75, 3.05) is 52.7 Å². The van der Waals surface area contributed by atoms with Crippen LogP contribution in [-0.4, -0.2) is 134 Å². The highest BCUT2D eigenvalue weighted by atomic mass is 32.2. The van der Waals surface area contributed by atoms with Crippen molar-refractivity contribution in [3.8, 4) is 17.0 Å². The van der Waals surface area contributed by atoms with Gasteiger partial charge in [-0.2, -0.15) is 15.3 Å².